The van der Waals surface area contributed by atoms with Crippen molar-refractivity contribution in [1.29, 1.82) is 0 Å². The van der Waals surface area contributed by atoms with Crippen molar-refractivity contribution in [1.82, 2.24) is 24.3 Å². The molecule has 0 aromatic carbocycles. The van der Waals surface area contributed by atoms with E-state index in [0.29, 0.717) is 32.4 Å². The maximum absolute atomic E-state index is 14.8. The van der Waals surface area contributed by atoms with E-state index >= 15 is 0 Å². The van der Waals surface area contributed by atoms with Crippen LogP contribution in [0.2, 0.25) is 0 Å². The second-order valence-electron chi connectivity index (χ2n) is 17.9. The molecule has 2 aromatic heterocycles. The number of methoxy groups -OCH3 is 1. The monoisotopic (exact) mass is 840 g/mol. The van der Waals surface area contributed by atoms with E-state index in [1.807, 2.05) is 83.4 Å². The highest BCUT2D eigenvalue weighted by atomic mass is 16.7. The Labute approximate surface area is 355 Å². The van der Waals surface area contributed by atoms with Gasteiger partial charge in [-0.2, -0.15) is 0 Å². The number of rotatable bonds is 12. The number of imidazole rings is 1. The molecule has 15 nitrogen and oxygen atoms in total. The maximum Gasteiger partial charge on any atom is 0.410 e. The van der Waals surface area contributed by atoms with Gasteiger partial charge in [-0.05, 0) is 92.4 Å². The first-order valence-electron chi connectivity index (χ1n) is 21.7. The highest BCUT2D eigenvalue weighted by molar-refractivity contribution is 6.00. The maximum atomic E-state index is 14.8. The van der Waals surface area contributed by atoms with Gasteiger partial charge in [0.25, 0.3) is 0 Å². The van der Waals surface area contributed by atoms with Crippen molar-refractivity contribution < 1.29 is 48.0 Å². The molecule has 0 radical (unpaired) electrons. The standard InChI is InChI=1S/C45H69N5O10/c1-13-35-45(14-2)39(50(43(55)60-45)20-16-15-19-49-24-33(47-25-49)32-18-17-27(4)46-23-32)29(6)36(51)26(3)22-44(9,56-12)40(30(7)37(52)31(8)41(54)58-35)59-42-38(53)34(48(10)11)21-28(5)57-42/h17-18,23-26,28-31,34-35,38-40,42,53H,13-16,19-22H2,1-12H3/t26-,28-,29+,30+,31-,34+,35-,38-,39-,40-,42+,44-,45-/m1/s1. The number of aryl methyl sites for hydroxylation is 2. The Morgan fingerprint density at radius 3 is 2.30 bits per heavy atom. The number of esters is 1. The summed E-state index contributed by atoms with van der Waals surface area (Å²) in [7, 11) is 5.25. The van der Waals surface area contributed by atoms with Crippen LogP contribution in [0.25, 0.3) is 11.3 Å². The molecule has 15 heteroatoms. The number of likely N-dealkylation sites (N-methyl/N-ethyl adjacent to an activating group) is 1. The number of amides is 1. The molecule has 13 atom stereocenters. The second kappa shape index (κ2) is 19.5. The van der Waals surface area contributed by atoms with E-state index in [1.54, 1.807) is 31.3 Å². The summed E-state index contributed by atoms with van der Waals surface area (Å²) in [6, 6.07) is 2.88. The van der Waals surface area contributed by atoms with Gasteiger partial charge in [-0.15, -0.1) is 0 Å². The smallest absolute Gasteiger partial charge is 0.410 e. The number of pyridine rings is 1. The lowest BCUT2D eigenvalue weighted by molar-refractivity contribution is -0.295. The van der Waals surface area contributed by atoms with E-state index in [2.05, 4.69) is 9.97 Å². The molecule has 5 heterocycles. The second-order valence-corrected chi connectivity index (χ2v) is 17.9. The zero-order valence-electron chi connectivity index (χ0n) is 37.8. The van der Waals surface area contributed by atoms with Crippen molar-refractivity contribution in [2.45, 2.75) is 161 Å². The first-order chi connectivity index (χ1) is 28.3. The summed E-state index contributed by atoms with van der Waals surface area (Å²) in [5.41, 5.74) is 0.0435. The Kier molecular flexibility index (Phi) is 15.4. The first kappa shape index (κ1) is 47.3. The number of aliphatic hydroxyl groups is 1. The molecule has 0 saturated carbocycles. The van der Waals surface area contributed by atoms with Crippen molar-refractivity contribution >= 4 is 23.6 Å². The molecule has 334 valence electrons. The topological polar surface area (TPSA) is 172 Å². The number of unbranched alkanes of at least 4 members (excludes halogenated alkanes) is 1. The van der Waals surface area contributed by atoms with Crippen molar-refractivity contribution in [3.8, 4) is 11.3 Å². The molecule has 60 heavy (non-hydrogen) atoms. The first-order valence-corrected chi connectivity index (χ1v) is 21.7. The summed E-state index contributed by atoms with van der Waals surface area (Å²) in [6.45, 7) is 17.1. The quantitative estimate of drug-likeness (QED) is 0.159. The average molecular weight is 840 g/mol. The van der Waals surface area contributed by atoms with Gasteiger partial charge in [0, 0.05) is 67.6 Å². The minimum absolute atomic E-state index is 0.132. The van der Waals surface area contributed by atoms with Gasteiger partial charge in [-0.1, -0.05) is 34.6 Å². The normalized spacial score (nSPS) is 35.9. The van der Waals surface area contributed by atoms with Crippen LogP contribution in [0.15, 0.2) is 30.9 Å². The molecule has 5 rings (SSSR count). The van der Waals surface area contributed by atoms with Gasteiger partial charge in [0.1, 0.15) is 23.9 Å². The Morgan fingerprint density at radius 1 is 0.983 bits per heavy atom. The highest BCUT2D eigenvalue weighted by Crippen LogP contribution is 2.45. The van der Waals surface area contributed by atoms with Crippen LogP contribution in [-0.4, -0.2) is 135 Å². The van der Waals surface area contributed by atoms with Crippen LogP contribution < -0.4 is 0 Å². The van der Waals surface area contributed by atoms with Gasteiger partial charge in [0.2, 0.25) is 0 Å². The van der Waals surface area contributed by atoms with Gasteiger partial charge in [-0.3, -0.25) is 19.4 Å². The number of hydrogen-bond acceptors (Lipinski definition) is 13. The molecule has 3 aliphatic heterocycles. The fraction of sp³-hybridized carbons (Fsp3) is 0.733. The molecular weight excluding hydrogens is 771 g/mol. The number of Topliss-reactive ketones (excluding diaryl/α,β-unsaturated/α-hetero) is 2. The number of nitrogens with zero attached hydrogens (tertiary/aromatic N) is 5. The summed E-state index contributed by atoms with van der Waals surface area (Å²) in [6.07, 6.45) is 3.12. The third kappa shape index (κ3) is 9.65. The lowest BCUT2D eigenvalue weighted by Gasteiger charge is -2.47. The third-order valence-corrected chi connectivity index (χ3v) is 13.4. The number of fused-ring (bicyclic) bond motifs is 1. The predicted molar refractivity (Wildman–Crippen MR) is 224 cm³/mol. The molecule has 0 aliphatic carbocycles. The Morgan fingerprint density at radius 2 is 1.68 bits per heavy atom. The van der Waals surface area contributed by atoms with E-state index in [-0.39, 0.29) is 37.2 Å². The van der Waals surface area contributed by atoms with Crippen LogP contribution >= 0.6 is 0 Å². The van der Waals surface area contributed by atoms with Crippen molar-refractivity contribution in [2.24, 2.45) is 23.7 Å². The van der Waals surface area contributed by atoms with Crippen molar-refractivity contribution in [3.05, 3.63) is 36.5 Å². The van der Waals surface area contributed by atoms with E-state index in [9.17, 15) is 24.3 Å². The Balaban J connectivity index is 1.45. The van der Waals surface area contributed by atoms with Crippen molar-refractivity contribution in [3.63, 3.8) is 0 Å². The van der Waals surface area contributed by atoms with Crippen LogP contribution in [0.4, 0.5) is 4.79 Å². The van der Waals surface area contributed by atoms with Gasteiger partial charge in [0.05, 0.1) is 35.9 Å². The Bertz CT molecular complexity index is 1800. The lowest BCUT2D eigenvalue weighted by Crippen LogP contribution is -2.61. The van der Waals surface area contributed by atoms with Crippen LogP contribution in [0.3, 0.4) is 0 Å². The summed E-state index contributed by atoms with van der Waals surface area (Å²) < 4.78 is 33.5. The van der Waals surface area contributed by atoms with Crippen LogP contribution in [0.5, 0.6) is 0 Å². The zero-order chi connectivity index (χ0) is 44.3. The molecule has 1 N–H and O–H groups in total. The fourth-order valence-corrected chi connectivity index (χ4v) is 9.82. The van der Waals surface area contributed by atoms with Gasteiger partial charge in [0.15, 0.2) is 17.7 Å². The number of aliphatic hydroxyl groups excluding tert-OH is 1. The fourth-order valence-electron chi connectivity index (χ4n) is 9.82. The van der Waals surface area contributed by atoms with Gasteiger partial charge < -0.3 is 43.2 Å². The van der Waals surface area contributed by atoms with E-state index in [4.69, 9.17) is 23.7 Å². The minimum Gasteiger partial charge on any atom is -0.457 e. The molecular formula is C45H69N5O10. The number of ether oxygens (including phenoxy) is 5. The summed E-state index contributed by atoms with van der Waals surface area (Å²) in [5, 5.41) is 11.5. The summed E-state index contributed by atoms with van der Waals surface area (Å²) in [5.74, 6) is -4.92. The minimum atomic E-state index is -1.36. The average Bonchev–Trinajstić information content (AvgIpc) is 3.81. The largest absolute Gasteiger partial charge is 0.457 e. The number of cyclic esters (lactones) is 1. The van der Waals surface area contributed by atoms with Crippen LogP contribution in [0, 0.1) is 30.6 Å². The Hall–Kier alpha value is -3.76. The third-order valence-electron chi connectivity index (χ3n) is 13.4. The molecule has 3 fully saturated rings. The molecule has 3 saturated heterocycles. The van der Waals surface area contributed by atoms with Gasteiger partial charge in [-0.25, -0.2) is 9.78 Å². The SMILES string of the molecule is CC[C@H]1OC(=O)[C@H](C)C(=O)[C@H](C)[C@@H](O[C@@H]2O[C@H](C)C[C@H](N(C)C)[C@H]2O)[C@](C)(OC)C[C@@H](C)C(=O)[C@H](C)[C@H]2N(CCCCn3cnc(-c4ccc(C)nc4)c3)C(=O)O[C@]12CC. The highest BCUT2D eigenvalue weighted by Gasteiger charge is 2.62. The summed E-state index contributed by atoms with van der Waals surface area (Å²) in [4.78, 5) is 69.8. The molecule has 0 bridgehead atoms. The molecule has 0 unspecified atom stereocenters. The van der Waals surface area contributed by atoms with Crippen molar-refractivity contribution in [2.75, 3.05) is 27.7 Å². The number of ketones is 2. The molecule has 1 amide bonds. The number of hydrogen-bond donors (Lipinski definition) is 1. The number of carbonyl (C=O) groups excluding carboxylic acids is 4. The molecule has 0 spiro atoms. The van der Waals surface area contributed by atoms with Crippen LogP contribution in [-0.2, 0) is 44.6 Å². The summed E-state index contributed by atoms with van der Waals surface area (Å²) >= 11 is 0. The van der Waals surface area contributed by atoms with E-state index < -0.39 is 83.4 Å². The zero-order valence-corrected chi connectivity index (χ0v) is 37.8. The predicted octanol–water partition coefficient (Wildman–Crippen LogP) is 5.63. The molecule has 2 aromatic rings. The number of carbonyl (C=O) groups is 4. The van der Waals surface area contributed by atoms with Crippen LogP contribution in [0.1, 0.15) is 99.6 Å². The van der Waals surface area contributed by atoms with Gasteiger partial charge >= 0.3 is 12.1 Å². The molecule has 3 aliphatic rings. The van der Waals surface area contributed by atoms with E-state index in [1.165, 1.54) is 14.0 Å². The van der Waals surface area contributed by atoms with E-state index in [0.717, 1.165) is 17.0 Å². The lowest BCUT2D eigenvalue weighted by atomic mass is 9.72. The number of aromatic nitrogens is 3.